The molecule has 0 unspecified atom stereocenters. The average Bonchev–Trinajstić information content (AvgIpc) is 3.64. The monoisotopic (exact) mass is 542 g/mol. The van der Waals surface area contributed by atoms with Crippen LogP contribution in [0.4, 0.5) is 0 Å². The molecule has 0 aliphatic carbocycles. The lowest BCUT2D eigenvalue weighted by molar-refractivity contribution is -0.140. The summed E-state index contributed by atoms with van der Waals surface area (Å²) in [5.74, 6) is -1.36. The number of aliphatic hydroxyl groups excluding tert-OH is 3. The SMILES string of the molecule is C.C.C.C.C1CO1.C1CO1.C=C(C)C(=O)OCCO.C=C(C)C(=O)OCCO.C=C(C)C(=O)OCCO. The number of rotatable bonds is 9. The van der Waals surface area contributed by atoms with Crippen molar-refractivity contribution in [2.75, 3.05) is 66.1 Å². The second-order valence-corrected chi connectivity index (χ2v) is 6.14. The first-order valence-corrected chi connectivity index (χ1v) is 10.0. The van der Waals surface area contributed by atoms with Gasteiger partial charge in [-0.3, -0.25) is 0 Å². The molecule has 2 fully saturated rings. The highest BCUT2D eigenvalue weighted by atomic mass is 16.6. The number of epoxide rings is 2. The molecule has 2 heterocycles. The van der Waals surface area contributed by atoms with E-state index in [2.05, 4.69) is 43.4 Å². The number of hydrogen-bond acceptors (Lipinski definition) is 11. The van der Waals surface area contributed by atoms with Gasteiger partial charge in [0.2, 0.25) is 0 Å². The molecule has 0 aromatic carbocycles. The Balaban J connectivity index is -0.0000000620. The number of aliphatic hydroxyl groups is 3. The van der Waals surface area contributed by atoms with Gasteiger partial charge >= 0.3 is 17.9 Å². The normalized spacial score (nSPS) is 10.2. The fraction of sp³-hybridized carbons (Fsp3) is 0.654. The van der Waals surface area contributed by atoms with E-state index in [1.54, 1.807) is 20.8 Å². The Morgan fingerprint density at radius 2 is 0.730 bits per heavy atom. The molecule has 0 aromatic rings. The molecular formula is C26H54O11. The smallest absolute Gasteiger partial charge is 0.333 e. The van der Waals surface area contributed by atoms with Crippen molar-refractivity contribution < 1.29 is 53.4 Å². The molecule has 224 valence electrons. The lowest BCUT2D eigenvalue weighted by Crippen LogP contribution is -2.08. The molecule has 0 spiro atoms. The highest BCUT2D eigenvalue weighted by Crippen LogP contribution is 1.91. The van der Waals surface area contributed by atoms with Crippen molar-refractivity contribution in [1.82, 2.24) is 0 Å². The first kappa shape index (κ1) is 51.1. The maximum atomic E-state index is 10.5. The van der Waals surface area contributed by atoms with E-state index in [1.807, 2.05) is 0 Å². The van der Waals surface area contributed by atoms with Gasteiger partial charge in [0.05, 0.1) is 46.2 Å². The van der Waals surface area contributed by atoms with Crippen LogP contribution in [0.1, 0.15) is 50.5 Å². The van der Waals surface area contributed by atoms with E-state index in [0.717, 1.165) is 26.4 Å². The second kappa shape index (κ2) is 38.0. The van der Waals surface area contributed by atoms with Crippen molar-refractivity contribution in [2.24, 2.45) is 0 Å². The standard InChI is InChI=1S/3C6H10O3.2C2H4O.4CH4/c3*1-5(2)6(8)9-4-3-7;2*1-2-3-1;;;;/h3*7H,1,3-4H2,2H3;2*1-2H2;4*1H4. The van der Waals surface area contributed by atoms with Crippen LogP contribution in [0.5, 0.6) is 0 Å². The second-order valence-electron chi connectivity index (χ2n) is 6.14. The van der Waals surface area contributed by atoms with Crippen LogP contribution >= 0.6 is 0 Å². The summed E-state index contributed by atoms with van der Waals surface area (Å²) in [7, 11) is 0. The maximum Gasteiger partial charge on any atom is 0.333 e. The largest absolute Gasteiger partial charge is 0.460 e. The predicted octanol–water partition coefficient (Wildman–Crippen LogP) is 2.87. The van der Waals surface area contributed by atoms with Crippen LogP contribution < -0.4 is 0 Å². The van der Waals surface area contributed by atoms with Gasteiger partial charge in [0.1, 0.15) is 19.8 Å². The van der Waals surface area contributed by atoms with Gasteiger partial charge in [-0.15, -0.1) is 0 Å². The Morgan fingerprint density at radius 3 is 0.811 bits per heavy atom. The van der Waals surface area contributed by atoms with E-state index >= 15 is 0 Å². The van der Waals surface area contributed by atoms with Gasteiger partial charge in [-0.1, -0.05) is 49.4 Å². The Labute approximate surface area is 224 Å². The fourth-order valence-corrected chi connectivity index (χ4v) is 0.785. The molecule has 0 radical (unpaired) electrons. The molecule has 0 amide bonds. The van der Waals surface area contributed by atoms with Crippen molar-refractivity contribution in [3.8, 4) is 0 Å². The summed E-state index contributed by atoms with van der Waals surface area (Å²) >= 11 is 0. The molecule has 37 heavy (non-hydrogen) atoms. The molecule has 2 aliphatic rings. The summed E-state index contributed by atoms with van der Waals surface area (Å²) < 4.78 is 22.4. The molecule has 0 saturated carbocycles. The zero-order valence-electron chi connectivity index (χ0n) is 19.8. The molecular weight excluding hydrogens is 488 g/mol. The van der Waals surface area contributed by atoms with Gasteiger partial charge in [0, 0.05) is 16.7 Å². The molecule has 0 bridgehead atoms. The van der Waals surface area contributed by atoms with Crippen molar-refractivity contribution in [3.63, 3.8) is 0 Å². The van der Waals surface area contributed by atoms with Gasteiger partial charge in [-0.2, -0.15) is 0 Å². The van der Waals surface area contributed by atoms with Crippen LogP contribution in [0.15, 0.2) is 36.5 Å². The number of hydrogen-bond donors (Lipinski definition) is 3. The first-order chi connectivity index (χ1) is 15.5. The Morgan fingerprint density at radius 1 is 0.568 bits per heavy atom. The van der Waals surface area contributed by atoms with E-state index in [0.29, 0.717) is 16.7 Å². The number of carbonyl (C=O) groups excluding carboxylic acids is 3. The highest BCUT2D eigenvalue weighted by Gasteiger charge is 2.01. The molecule has 0 atom stereocenters. The van der Waals surface area contributed by atoms with Gasteiger partial charge in [-0.25, -0.2) is 14.4 Å². The van der Waals surface area contributed by atoms with Gasteiger partial charge in [0.25, 0.3) is 0 Å². The average molecular weight is 543 g/mol. The summed E-state index contributed by atoms with van der Waals surface area (Å²) in [6.07, 6.45) is 0. The van der Waals surface area contributed by atoms with Crippen LogP contribution in [0.2, 0.25) is 0 Å². The molecule has 11 heteroatoms. The van der Waals surface area contributed by atoms with E-state index in [1.165, 1.54) is 0 Å². The molecule has 11 nitrogen and oxygen atoms in total. The van der Waals surface area contributed by atoms with Gasteiger partial charge in [0.15, 0.2) is 0 Å². The number of carbonyl (C=O) groups is 3. The zero-order valence-corrected chi connectivity index (χ0v) is 19.8. The third kappa shape index (κ3) is 60.2. The van der Waals surface area contributed by atoms with Crippen molar-refractivity contribution >= 4 is 17.9 Å². The van der Waals surface area contributed by atoms with Crippen molar-refractivity contribution in [3.05, 3.63) is 36.5 Å². The minimum absolute atomic E-state index is 0. The topological polar surface area (TPSA) is 165 Å². The van der Waals surface area contributed by atoms with Gasteiger partial charge in [-0.05, 0) is 20.8 Å². The first-order valence-electron chi connectivity index (χ1n) is 10.0. The lowest BCUT2D eigenvalue weighted by Gasteiger charge is -1.99. The summed E-state index contributed by atoms with van der Waals surface area (Å²) in [6, 6.07) is 0. The summed E-state index contributed by atoms with van der Waals surface area (Å²) in [5, 5.41) is 24.6. The van der Waals surface area contributed by atoms with Crippen LogP contribution in [-0.4, -0.2) is 99.3 Å². The van der Waals surface area contributed by atoms with Crippen LogP contribution in [-0.2, 0) is 38.1 Å². The zero-order chi connectivity index (χ0) is 26.1. The third-order valence-electron chi connectivity index (χ3n) is 2.43. The lowest BCUT2D eigenvalue weighted by atomic mass is 10.4. The fourth-order valence-electron chi connectivity index (χ4n) is 0.785. The maximum absolute atomic E-state index is 10.5. The van der Waals surface area contributed by atoms with E-state index in [4.69, 9.17) is 15.3 Å². The summed E-state index contributed by atoms with van der Waals surface area (Å²) in [4.78, 5) is 31.4. The summed E-state index contributed by atoms with van der Waals surface area (Å²) in [6.45, 7) is 18.4. The Hall–Kier alpha value is -2.57. The van der Waals surface area contributed by atoms with E-state index in [9.17, 15) is 14.4 Å². The highest BCUT2D eigenvalue weighted by molar-refractivity contribution is 5.87. The molecule has 2 saturated heterocycles. The van der Waals surface area contributed by atoms with Crippen LogP contribution in [0, 0.1) is 0 Å². The Kier molecular flexibility index (Phi) is 52.5. The molecule has 3 N–H and O–H groups in total. The number of esters is 3. The van der Waals surface area contributed by atoms with E-state index < -0.39 is 17.9 Å². The Bertz CT molecular complexity index is 500. The quantitative estimate of drug-likeness (QED) is 0.170. The third-order valence-corrected chi connectivity index (χ3v) is 2.43. The summed E-state index contributed by atoms with van der Waals surface area (Å²) in [5.41, 5.74) is 1.05. The number of ether oxygens (including phenoxy) is 5. The minimum atomic E-state index is -0.455. The molecule has 2 rings (SSSR count). The predicted molar refractivity (Wildman–Crippen MR) is 147 cm³/mol. The van der Waals surface area contributed by atoms with Crippen LogP contribution in [0.3, 0.4) is 0 Å². The molecule has 0 aromatic heterocycles. The van der Waals surface area contributed by atoms with E-state index in [-0.39, 0.29) is 69.3 Å². The van der Waals surface area contributed by atoms with Gasteiger partial charge < -0.3 is 39.0 Å². The minimum Gasteiger partial charge on any atom is -0.460 e. The van der Waals surface area contributed by atoms with Crippen LogP contribution in [0.25, 0.3) is 0 Å². The molecule has 2 aliphatic heterocycles. The van der Waals surface area contributed by atoms with Crippen molar-refractivity contribution in [1.29, 1.82) is 0 Å². The van der Waals surface area contributed by atoms with Crippen molar-refractivity contribution in [2.45, 2.75) is 50.5 Å².